The van der Waals surface area contributed by atoms with Crippen molar-refractivity contribution in [2.24, 2.45) is 5.92 Å². The molecule has 0 saturated heterocycles. The van der Waals surface area contributed by atoms with Gasteiger partial charge in [-0.25, -0.2) is 0 Å². The van der Waals surface area contributed by atoms with Crippen molar-refractivity contribution < 1.29 is 9.53 Å². The van der Waals surface area contributed by atoms with Gasteiger partial charge in [0.05, 0.1) is 12.2 Å². The summed E-state index contributed by atoms with van der Waals surface area (Å²) in [7, 11) is 0. The highest BCUT2D eigenvalue weighted by molar-refractivity contribution is 7.80. The van der Waals surface area contributed by atoms with E-state index in [1.165, 1.54) is 0 Å². The molecule has 2 nitrogen and oxygen atoms in total. The molecule has 1 aliphatic heterocycles. The third kappa shape index (κ3) is 3.34. The highest BCUT2D eigenvalue weighted by Gasteiger charge is 2.30. The molecule has 0 aromatic heterocycles. The Bertz CT molecular complexity index is 879. The van der Waals surface area contributed by atoms with E-state index in [0.717, 1.165) is 44.9 Å². The molecule has 0 radical (unpaired) electrons. The second-order valence-electron chi connectivity index (χ2n) is 6.32. The van der Waals surface area contributed by atoms with E-state index in [2.05, 4.69) is 18.9 Å². The van der Waals surface area contributed by atoms with E-state index >= 15 is 0 Å². The van der Waals surface area contributed by atoms with Crippen LogP contribution < -0.4 is 4.74 Å². The number of fused-ring (bicyclic) bond motifs is 1. The fraction of sp³-hybridized carbons (Fsp3) is 0.227. The van der Waals surface area contributed by atoms with Crippen LogP contribution in [0.15, 0.2) is 66.6 Å². The molecule has 1 aromatic carbocycles. The fourth-order valence-corrected chi connectivity index (χ4v) is 3.55. The molecule has 0 amide bonds. The first-order valence-electron chi connectivity index (χ1n) is 8.31. The summed E-state index contributed by atoms with van der Waals surface area (Å²) in [4.78, 5) is 13.6. The number of hydrogen-bond acceptors (Lipinski definition) is 3. The molecule has 0 spiro atoms. The highest BCUT2D eigenvalue weighted by atomic mass is 32.1. The number of aryl methyl sites for hydroxylation is 1. The van der Waals surface area contributed by atoms with Gasteiger partial charge >= 0.3 is 0 Å². The van der Waals surface area contributed by atoms with Crippen LogP contribution in [-0.4, -0.2) is 10.6 Å². The van der Waals surface area contributed by atoms with Crippen molar-refractivity contribution in [3.8, 4) is 5.75 Å². The fourth-order valence-electron chi connectivity index (χ4n) is 3.25. The first kappa shape index (κ1) is 17.3. The standard InChI is InChI=1S/C22H20O2S/c1-4-6-18-21(25)10-8-15(22(18)23)12-16-13-24-20-9-7-14(3)11-19(20)17(16)5-2/h4,7,9,11-13,18H,1-2,6,8,10H2,3H3/b15-12+. The monoisotopic (exact) mass is 348 g/mol. The van der Waals surface area contributed by atoms with Gasteiger partial charge in [-0.3, -0.25) is 4.79 Å². The minimum Gasteiger partial charge on any atom is -0.464 e. The lowest BCUT2D eigenvalue weighted by Gasteiger charge is -2.24. The summed E-state index contributed by atoms with van der Waals surface area (Å²) in [6.07, 6.45) is 7.33. The van der Waals surface area contributed by atoms with Crippen LogP contribution in [0.1, 0.15) is 30.4 Å². The average molecular weight is 348 g/mol. The van der Waals surface area contributed by atoms with Gasteiger partial charge in [-0.2, -0.15) is 0 Å². The molecule has 1 aromatic rings. The van der Waals surface area contributed by atoms with Gasteiger partial charge in [0, 0.05) is 21.6 Å². The molecule has 25 heavy (non-hydrogen) atoms. The Kier molecular flexibility index (Phi) is 4.98. The number of rotatable bonds is 3. The molecule has 1 saturated carbocycles. The van der Waals surface area contributed by atoms with Crippen molar-refractivity contribution in [2.75, 3.05) is 0 Å². The van der Waals surface area contributed by atoms with E-state index in [0.29, 0.717) is 12.8 Å². The van der Waals surface area contributed by atoms with Crippen molar-refractivity contribution in [3.63, 3.8) is 0 Å². The van der Waals surface area contributed by atoms with Gasteiger partial charge in [0.25, 0.3) is 0 Å². The molecule has 1 fully saturated rings. The van der Waals surface area contributed by atoms with Gasteiger partial charge in [0.1, 0.15) is 5.75 Å². The molecule has 3 rings (SSSR count). The number of ketones is 1. The van der Waals surface area contributed by atoms with Gasteiger partial charge < -0.3 is 4.74 Å². The van der Waals surface area contributed by atoms with E-state index in [1.807, 2.05) is 31.2 Å². The van der Waals surface area contributed by atoms with Crippen LogP contribution in [0.2, 0.25) is 0 Å². The summed E-state index contributed by atoms with van der Waals surface area (Å²) < 4.78 is 5.75. The second kappa shape index (κ2) is 7.18. The zero-order valence-electron chi connectivity index (χ0n) is 14.3. The van der Waals surface area contributed by atoms with Crippen molar-refractivity contribution in [1.82, 2.24) is 0 Å². The predicted octanol–water partition coefficient (Wildman–Crippen LogP) is 5.29. The summed E-state index contributed by atoms with van der Waals surface area (Å²) >= 11 is 5.38. The number of carbonyl (C=O) groups excluding carboxylic acids is 1. The average Bonchev–Trinajstić information content (AvgIpc) is 2.60. The number of allylic oxidation sites excluding steroid dienone is 5. The Labute approximate surface area is 153 Å². The van der Waals surface area contributed by atoms with Crippen LogP contribution in [0, 0.1) is 12.8 Å². The number of benzene rings is 1. The van der Waals surface area contributed by atoms with E-state index in [4.69, 9.17) is 17.0 Å². The smallest absolute Gasteiger partial charge is 0.167 e. The third-order valence-electron chi connectivity index (χ3n) is 4.58. The molecule has 1 heterocycles. The third-order valence-corrected chi connectivity index (χ3v) is 5.07. The zero-order valence-corrected chi connectivity index (χ0v) is 15.1. The van der Waals surface area contributed by atoms with Crippen molar-refractivity contribution >= 4 is 28.4 Å². The van der Waals surface area contributed by atoms with E-state index < -0.39 is 0 Å². The quantitative estimate of drug-likeness (QED) is 0.321. The van der Waals surface area contributed by atoms with Gasteiger partial charge in [0.2, 0.25) is 0 Å². The molecular formula is C22H20O2S. The summed E-state index contributed by atoms with van der Waals surface area (Å²) in [6.45, 7) is 9.59. The normalized spacial score (nSPS) is 21.3. The highest BCUT2D eigenvalue weighted by Crippen LogP contribution is 2.37. The Morgan fingerprint density at radius 1 is 1.40 bits per heavy atom. The Balaban J connectivity index is 1.97. The number of carbonyl (C=O) groups is 1. The first-order valence-corrected chi connectivity index (χ1v) is 8.72. The predicted molar refractivity (Wildman–Crippen MR) is 106 cm³/mol. The Hall–Kier alpha value is -2.48. The topological polar surface area (TPSA) is 26.3 Å². The molecule has 1 aliphatic carbocycles. The zero-order chi connectivity index (χ0) is 18.0. The lowest BCUT2D eigenvalue weighted by atomic mass is 9.80. The molecule has 3 heteroatoms. The molecular weight excluding hydrogens is 328 g/mol. The van der Waals surface area contributed by atoms with Crippen LogP contribution >= 0.6 is 12.2 Å². The molecule has 0 N–H and O–H groups in total. The lowest BCUT2D eigenvalue weighted by molar-refractivity contribution is -0.117. The summed E-state index contributed by atoms with van der Waals surface area (Å²) in [6, 6.07) is 5.99. The van der Waals surface area contributed by atoms with Gasteiger partial charge in [-0.1, -0.05) is 36.5 Å². The summed E-state index contributed by atoms with van der Waals surface area (Å²) in [5, 5.41) is 0. The van der Waals surface area contributed by atoms with Gasteiger partial charge in [-0.15, -0.1) is 12.3 Å². The van der Waals surface area contributed by atoms with E-state index in [1.54, 1.807) is 12.3 Å². The SMILES string of the molecule is C=C=C1C(/C=C2\CCC(=S)C(CC=C)C2=O)=COc2ccc(C)cc21. The van der Waals surface area contributed by atoms with Crippen molar-refractivity contribution in [3.05, 3.63) is 77.8 Å². The van der Waals surface area contributed by atoms with E-state index in [9.17, 15) is 4.79 Å². The van der Waals surface area contributed by atoms with Crippen LogP contribution in [0.25, 0.3) is 5.57 Å². The van der Waals surface area contributed by atoms with Crippen LogP contribution in [-0.2, 0) is 4.79 Å². The number of ether oxygens (including phenoxy) is 1. The molecule has 0 bridgehead atoms. The number of thiocarbonyl (C=S) groups is 1. The maximum Gasteiger partial charge on any atom is 0.167 e. The Morgan fingerprint density at radius 3 is 2.92 bits per heavy atom. The summed E-state index contributed by atoms with van der Waals surface area (Å²) in [5.74, 6) is 0.637. The number of hydrogen-bond donors (Lipinski definition) is 0. The van der Waals surface area contributed by atoms with Crippen LogP contribution in [0.5, 0.6) is 5.75 Å². The van der Waals surface area contributed by atoms with Crippen LogP contribution in [0.3, 0.4) is 0 Å². The largest absolute Gasteiger partial charge is 0.464 e. The first-order chi connectivity index (χ1) is 12.0. The van der Waals surface area contributed by atoms with Crippen molar-refractivity contribution in [1.29, 1.82) is 0 Å². The molecule has 1 unspecified atom stereocenters. The maximum atomic E-state index is 12.8. The van der Waals surface area contributed by atoms with Crippen molar-refractivity contribution in [2.45, 2.75) is 26.2 Å². The number of Topliss-reactive ketones (excluding diaryl/α,β-unsaturated/α-hetero) is 1. The molecule has 2 aliphatic rings. The minimum atomic E-state index is -0.233. The van der Waals surface area contributed by atoms with Gasteiger partial charge in [-0.05, 0) is 50.0 Å². The van der Waals surface area contributed by atoms with E-state index in [-0.39, 0.29) is 11.7 Å². The minimum absolute atomic E-state index is 0.0931. The Morgan fingerprint density at radius 2 is 2.20 bits per heavy atom. The van der Waals surface area contributed by atoms with Gasteiger partial charge in [0.15, 0.2) is 5.78 Å². The second-order valence-corrected chi connectivity index (χ2v) is 6.84. The lowest BCUT2D eigenvalue weighted by Crippen LogP contribution is -2.29. The molecule has 1 atom stereocenters. The molecule has 126 valence electrons. The maximum absolute atomic E-state index is 12.8. The van der Waals surface area contributed by atoms with Crippen LogP contribution in [0.4, 0.5) is 0 Å². The summed E-state index contributed by atoms with van der Waals surface area (Å²) in [5.41, 5.74) is 7.55.